The van der Waals surface area contributed by atoms with Crippen molar-refractivity contribution < 1.29 is 8.78 Å². The third-order valence-corrected chi connectivity index (χ3v) is 2.89. The van der Waals surface area contributed by atoms with E-state index < -0.39 is 11.6 Å². The molecule has 0 aliphatic carbocycles. The summed E-state index contributed by atoms with van der Waals surface area (Å²) in [5, 5.41) is 3.25. The topological polar surface area (TPSA) is 15.3 Å². The van der Waals surface area contributed by atoms with Crippen molar-refractivity contribution >= 4 is 5.57 Å². The van der Waals surface area contributed by atoms with Crippen molar-refractivity contribution in [1.29, 1.82) is 0 Å². The van der Waals surface area contributed by atoms with E-state index in [1.54, 1.807) is 0 Å². The average Bonchev–Trinajstić information content (AvgIpc) is 2.29. The molecule has 4 heteroatoms. The molecule has 1 aromatic rings. The molecule has 1 aliphatic heterocycles. The lowest BCUT2D eigenvalue weighted by Gasteiger charge is -2.27. The molecule has 17 heavy (non-hydrogen) atoms. The van der Waals surface area contributed by atoms with Crippen molar-refractivity contribution in [3.05, 3.63) is 42.0 Å². The van der Waals surface area contributed by atoms with E-state index in [-0.39, 0.29) is 0 Å². The van der Waals surface area contributed by atoms with Gasteiger partial charge in [-0.3, -0.25) is 4.90 Å². The van der Waals surface area contributed by atoms with Gasteiger partial charge in [0.15, 0.2) is 0 Å². The zero-order valence-corrected chi connectivity index (χ0v) is 9.68. The van der Waals surface area contributed by atoms with Crippen LogP contribution in [0.3, 0.4) is 0 Å². The second-order valence-corrected chi connectivity index (χ2v) is 4.29. The molecule has 0 aromatic heterocycles. The van der Waals surface area contributed by atoms with Crippen molar-refractivity contribution in [2.24, 2.45) is 0 Å². The minimum absolute atomic E-state index is 0.543. The molecule has 0 radical (unpaired) electrons. The van der Waals surface area contributed by atoms with Gasteiger partial charge in [0.25, 0.3) is 0 Å². The largest absolute Gasteiger partial charge is 0.314 e. The maximum absolute atomic E-state index is 13.1. The summed E-state index contributed by atoms with van der Waals surface area (Å²) in [4.78, 5) is 2.22. The molecule has 1 aliphatic rings. The molecule has 0 amide bonds. The summed E-state index contributed by atoms with van der Waals surface area (Å²) in [6.45, 7) is 8.34. The average molecular weight is 238 g/mol. The molecule has 0 unspecified atom stereocenters. The molecule has 1 heterocycles. The molecule has 0 bridgehead atoms. The van der Waals surface area contributed by atoms with Gasteiger partial charge in [0.2, 0.25) is 0 Å². The molecular weight excluding hydrogens is 222 g/mol. The number of nitrogens with zero attached hydrogens (tertiary/aromatic N) is 1. The minimum atomic E-state index is -0.554. The van der Waals surface area contributed by atoms with E-state index in [9.17, 15) is 8.78 Å². The van der Waals surface area contributed by atoms with E-state index in [4.69, 9.17) is 0 Å². The summed E-state index contributed by atoms with van der Waals surface area (Å²) in [7, 11) is 0. The summed E-state index contributed by atoms with van der Waals surface area (Å²) < 4.78 is 26.1. The predicted molar refractivity (Wildman–Crippen MR) is 64.7 cm³/mol. The fourth-order valence-corrected chi connectivity index (χ4v) is 1.99. The molecular formula is C13H16F2N2. The zero-order chi connectivity index (χ0) is 12.3. The Balaban J connectivity index is 2.03. The summed E-state index contributed by atoms with van der Waals surface area (Å²) >= 11 is 0. The predicted octanol–water partition coefficient (Wildman–Crippen LogP) is 1.88. The fraction of sp³-hybridized carbons (Fsp3) is 0.385. The number of piperazine rings is 1. The van der Waals surface area contributed by atoms with Crippen molar-refractivity contribution in [2.45, 2.75) is 0 Å². The second kappa shape index (κ2) is 5.38. The first-order valence-corrected chi connectivity index (χ1v) is 5.72. The Hall–Kier alpha value is -1.26. The Morgan fingerprint density at radius 3 is 2.35 bits per heavy atom. The van der Waals surface area contributed by atoms with E-state index in [1.165, 1.54) is 12.1 Å². The van der Waals surface area contributed by atoms with Gasteiger partial charge in [-0.05, 0) is 23.3 Å². The molecule has 0 saturated carbocycles. The van der Waals surface area contributed by atoms with E-state index in [0.29, 0.717) is 12.1 Å². The normalized spacial score (nSPS) is 17.1. The van der Waals surface area contributed by atoms with Gasteiger partial charge in [-0.25, -0.2) is 8.78 Å². The quantitative estimate of drug-likeness (QED) is 0.865. The Labute approximate surface area is 99.9 Å². The van der Waals surface area contributed by atoms with Gasteiger partial charge < -0.3 is 5.32 Å². The second-order valence-electron chi connectivity index (χ2n) is 4.29. The van der Waals surface area contributed by atoms with Gasteiger partial charge in [-0.1, -0.05) is 6.58 Å². The number of hydrogen-bond donors (Lipinski definition) is 1. The number of halogens is 2. The lowest BCUT2D eigenvalue weighted by atomic mass is 10.1. The molecule has 2 rings (SSSR count). The van der Waals surface area contributed by atoms with Crippen LogP contribution in [0.25, 0.3) is 5.57 Å². The van der Waals surface area contributed by atoms with Crippen LogP contribution in [0.5, 0.6) is 0 Å². The number of nitrogens with one attached hydrogen (secondary N) is 1. The highest BCUT2D eigenvalue weighted by Crippen LogP contribution is 2.17. The summed E-state index contributed by atoms with van der Waals surface area (Å²) in [5.41, 5.74) is 1.30. The van der Waals surface area contributed by atoms with Gasteiger partial charge in [0, 0.05) is 38.8 Å². The first-order chi connectivity index (χ1) is 8.15. The van der Waals surface area contributed by atoms with Gasteiger partial charge in [-0.2, -0.15) is 0 Å². The van der Waals surface area contributed by atoms with Crippen LogP contribution in [0.2, 0.25) is 0 Å². The van der Waals surface area contributed by atoms with Gasteiger partial charge in [0.1, 0.15) is 11.6 Å². The lowest BCUT2D eigenvalue weighted by molar-refractivity contribution is 0.268. The van der Waals surface area contributed by atoms with E-state index in [2.05, 4.69) is 16.8 Å². The Morgan fingerprint density at radius 2 is 1.76 bits per heavy atom. The van der Waals surface area contributed by atoms with Crippen molar-refractivity contribution in [3.8, 4) is 0 Å². The van der Waals surface area contributed by atoms with Crippen LogP contribution in [0.1, 0.15) is 5.56 Å². The van der Waals surface area contributed by atoms with E-state index >= 15 is 0 Å². The highest BCUT2D eigenvalue weighted by atomic mass is 19.1. The first kappa shape index (κ1) is 12.2. The van der Waals surface area contributed by atoms with Crippen LogP contribution in [0, 0.1) is 11.6 Å². The minimum Gasteiger partial charge on any atom is -0.314 e. The highest BCUT2D eigenvalue weighted by Gasteiger charge is 2.12. The summed E-state index contributed by atoms with van der Waals surface area (Å²) in [6.07, 6.45) is 0. The van der Waals surface area contributed by atoms with E-state index in [0.717, 1.165) is 37.8 Å². The third kappa shape index (κ3) is 3.35. The fourth-order valence-electron chi connectivity index (χ4n) is 1.99. The molecule has 1 fully saturated rings. The van der Waals surface area contributed by atoms with Crippen molar-refractivity contribution in [1.82, 2.24) is 10.2 Å². The van der Waals surface area contributed by atoms with Crippen molar-refractivity contribution in [3.63, 3.8) is 0 Å². The summed E-state index contributed by atoms with van der Waals surface area (Å²) in [6, 6.07) is 3.53. The molecule has 0 atom stereocenters. The number of benzene rings is 1. The van der Waals surface area contributed by atoms with E-state index in [1.807, 2.05) is 0 Å². The third-order valence-electron chi connectivity index (χ3n) is 2.89. The van der Waals surface area contributed by atoms with Crippen LogP contribution in [-0.4, -0.2) is 37.6 Å². The van der Waals surface area contributed by atoms with Gasteiger partial charge >= 0.3 is 0 Å². The highest BCUT2D eigenvalue weighted by molar-refractivity contribution is 5.64. The van der Waals surface area contributed by atoms with Gasteiger partial charge in [0.05, 0.1) is 0 Å². The first-order valence-electron chi connectivity index (χ1n) is 5.72. The number of hydrogen-bond acceptors (Lipinski definition) is 2. The molecule has 92 valence electrons. The zero-order valence-electron chi connectivity index (χ0n) is 9.68. The maximum Gasteiger partial charge on any atom is 0.126 e. The smallest absolute Gasteiger partial charge is 0.126 e. The van der Waals surface area contributed by atoms with Crippen LogP contribution in [0.4, 0.5) is 8.78 Å². The van der Waals surface area contributed by atoms with Crippen molar-refractivity contribution in [2.75, 3.05) is 32.7 Å². The maximum atomic E-state index is 13.1. The Kier molecular flexibility index (Phi) is 3.86. The molecule has 2 nitrogen and oxygen atoms in total. The standard InChI is InChI=1S/C13H16F2N2/c1-10(9-17-4-2-16-3-5-17)11-6-12(14)8-13(15)7-11/h6-8,16H,1-5,9H2. The molecule has 1 aromatic carbocycles. The monoisotopic (exact) mass is 238 g/mol. The van der Waals surface area contributed by atoms with Crippen LogP contribution >= 0.6 is 0 Å². The van der Waals surface area contributed by atoms with Crippen LogP contribution in [0.15, 0.2) is 24.8 Å². The summed E-state index contributed by atoms with van der Waals surface area (Å²) in [5.74, 6) is -1.11. The number of rotatable bonds is 3. The molecule has 1 saturated heterocycles. The van der Waals surface area contributed by atoms with Crippen LogP contribution < -0.4 is 5.32 Å². The Morgan fingerprint density at radius 1 is 1.18 bits per heavy atom. The SMILES string of the molecule is C=C(CN1CCNCC1)c1cc(F)cc(F)c1. The van der Waals surface area contributed by atoms with Crippen LogP contribution in [-0.2, 0) is 0 Å². The molecule has 0 spiro atoms. The Bertz CT molecular complexity index is 392. The lowest BCUT2D eigenvalue weighted by Crippen LogP contribution is -2.43. The van der Waals surface area contributed by atoms with Gasteiger partial charge in [-0.15, -0.1) is 0 Å². The molecule has 1 N–H and O–H groups in total.